The van der Waals surface area contributed by atoms with Crippen LogP contribution in [0.2, 0.25) is 0 Å². The van der Waals surface area contributed by atoms with E-state index in [-0.39, 0.29) is 5.91 Å². The van der Waals surface area contributed by atoms with E-state index in [9.17, 15) is 4.79 Å². The highest BCUT2D eigenvalue weighted by Gasteiger charge is 2.16. The maximum absolute atomic E-state index is 12.2. The second-order valence-electron chi connectivity index (χ2n) is 9.05. The zero-order valence-corrected chi connectivity index (χ0v) is 21.3. The summed E-state index contributed by atoms with van der Waals surface area (Å²) in [5.74, 6) is -0.00289. The number of hydrogen-bond donors (Lipinski definition) is 3. The summed E-state index contributed by atoms with van der Waals surface area (Å²) in [6.07, 6.45) is 11.3. The van der Waals surface area contributed by atoms with Gasteiger partial charge in [-0.1, -0.05) is 13.3 Å². The molecule has 0 saturated heterocycles. The molecule has 3 N–H and O–H groups in total. The Bertz CT molecular complexity index is 1750. The van der Waals surface area contributed by atoms with Gasteiger partial charge in [0.2, 0.25) is 5.91 Å². The van der Waals surface area contributed by atoms with Crippen molar-refractivity contribution in [3.05, 3.63) is 66.2 Å². The lowest BCUT2D eigenvalue weighted by Gasteiger charge is -2.07. The summed E-state index contributed by atoms with van der Waals surface area (Å²) in [7, 11) is 0. The predicted molar refractivity (Wildman–Crippen MR) is 148 cm³/mol. The number of rotatable bonds is 7. The molecule has 0 spiro atoms. The number of nitrogens with one attached hydrogen (secondary N) is 3. The molecular weight excluding hydrogens is 482 g/mol. The quantitative estimate of drug-likeness (QED) is 0.222. The molecule has 6 aromatic rings. The molecule has 6 aromatic heterocycles. The van der Waals surface area contributed by atoms with Crippen molar-refractivity contribution in [2.75, 3.05) is 5.32 Å². The lowest BCUT2D eigenvalue weighted by atomic mass is 10.1. The molecule has 0 radical (unpaired) electrons. The lowest BCUT2D eigenvalue weighted by molar-refractivity contribution is -0.116. The van der Waals surface area contributed by atoms with Gasteiger partial charge in [-0.25, -0.2) is 4.98 Å². The summed E-state index contributed by atoms with van der Waals surface area (Å²) in [4.78, 5) is 31.5. The first-order chi connectivity index (χ1) is 18.1. The number of fused-ring (bicyclic) bond motifs is 2. The van der Waals surface area contributed by atoms with Crippen LogP contribution in [0.4, 0.5) is 5.69 Å². The molecule has 9 heteroatoms. The highest BCUT2D eigenvalue weighted by Crippen LogP contribution is 2.36. The first-order valence-electron chi connectivity index (χ1n) is 12.2. The number of aromatic amines is 2. The number of anilines is 1. The fraction of sp³-hybridized carbons (Fsp3) is 0.179. The molecule has 0 aliphatic carbocycles. The molecule has 184 valence electrons. The van der Waals surface area contributed by atoms with Gasteiger partial charge in [-0.2, -0.15) is 5.10 Å². The first kappa shape index (κ1) is 23.1. The van der Waals surface area contributed by atoms with Gasteiger partial charge in [-0.15, -0.1) is 11.3 Å². The standard InChI is InChI=1S/C28H25N7OS/c1-3-4-5-26(36)32-19-8-17(11-29-13-19)18-9-21-27(34-35-28(21)31-12-18)23-10-20-22(14-30-15-24(20)33-23)25-7-6-16(2)37-25/h6-15,33H,3-5H2,1-2H3,(H,32,36)(H,31,34,35). The van der Waals surface area contributed by atoms with E-state index in [4.69, 9.17) is 0 Å². The van der Waals surface area contributed by atoms with E-state index >= 15 is 0 Å². The molecule has 0 aliphatic rings. The average molecular weight is 508 g/mol. The fourth-order valence-corrected chi connectivity index (χ4v) is 5.34. The summed E-state index contributed by atoms with van der Waals surface area (Å²) in [6, 6.07) is 10.4. The molecule has 37 heavy (non-hydrogen) atoms. The molecule has 8 nitrogen and oxygen atoms in total. The third-order valence-electron chi connectivity index (χ3n) is 6.34. The fourth-order valence-electron chi connectivity index (χ4n) is 4.45. The van der Waals surface area contributed by atoms with E-state index < -0.39 is 0 Å². The molecule has 0 atom stereocenters. The minimum absolute atomic E-state index is 0.00289. The van der Waals surface area contributed by atoms with Crippen molar-refractivity contribution in [2.45, 2.75) is 33.1 Å². The number of nitrogens with zero attached hydrogens (tertiary/aromatic N) is 4. The zero-order valence-electron chi connectivity index (χ0n) is 20.5. The summed E-state index contributed by atoms with van der Waals surface area (Å²) >= 11 is 1.76. The lowest BCUT2D eigenvalue weighted by Crippen LogP contribution is -2.11. The Morgan fingerprint density at radius 1 is 1.00 bits per heavy atom. The van der Waals surface area contributed by atoms with Crippen LogP contribution in [0.3, 0.4) is 0 Å². The van der Waals surface area contributed by atoms with E-state index in [2.05, 4.69) is 67.5 Å². The van der Waals surface area contributed by atoms with Crippen molar-refractivity contribution >= 4 is 44.9 Å². The van der Waals surface area contributed by atoms with Crippen molar-refractivity contribution < 1.29 is 4.79 Å². The summed E-state index contributed by atoms with van der Waals surface area (Å²) in [6.45, 7) is 4.18. The molecule has 0 fully saturated rings. The SMILES string of the molecule is CCCCC(=O)Nc1cncc(-c2cnc3n[nH]c(-c4cc5c(-c6ccc(C)s6)cncc5[nH]4)c3c2)c1. The van der Waals surface area contributed by atoms with E-state index in [1.165, 1.54) is 9.75 Å². The Hall–Kier alpha value is -4.37. The Morgan fingerprint density at radius 3 is 2.70 bits per heavy atom. The van der Waals surface area contributed by atoms with E-state index in [1.54, 1.807) is 29.9 Å². The third-order valence-corrected chi connectivity index (χ3v) is 7.38. The van der Waals surface area contributed by atoms with Crippen molar-refractivity contribution in [3.8, 4) is 33.0 Å². The van der Waals surface area contributed by atoms with Gasteiger partial charge < -0.3 is 10.3 Å². The van der Waals surface area contributed by atoms with Gasteiger partial charge in [-0.3, -0.25) is 19.9 Å². The van der Waals surface area contributed by atoms with Crippen molar-refractivity contribution in [3.63, 3.8) is 0 Å². The zero-order chi connectivity index (χ0) is 25.4. The number of aromatic nitrogens is 6. The molecule has 6 heterocycles. The number of aryl methyl sites for hydroxylation is 1. The van der Waals surface area contributed by atoms with Crippen LogP contribution in [0.1, 0.15) is 31.1 Å². The number of hydrogen-bond acceptors (Lipinski definition) is 6. The average Bonchev–Trinajstić information content (AvgIpc) is 3.64. The van der Waals surface area contributed by atoms with E-state index in [0.717, 1.165) is 57.2 Å². The maximum Gasteiger partial charge on any atom is 0.224 e. The molecular formula is C28H25N7OS. The van der Waals surface area contributed by atoms with Crippen LogP contribution in [0, 0.1) is 6.92 Å². The summed E-state index contributed by atoms with van der Waals surface area (Å²) < 4.78 is 0. The third kappa shape index (κ3) is 4.49. The van der Waals surface area contributed by atoms with Crippen LogP contribution >= 0.6 is 11.3 Å². The van der Waals surface area contributed by atoms with Gasteiger partial charge in [0.05, 0.1) is 35.0 Å². The van der Waals surface area contributed by atoms with E-state index in [1.807, 2.05) is 24.5 Å². The van der Waals surface area contributed by atoms with Crippen molar-refractivity contribution in [2.24, 2.45) is 0 Å². The normalized spacial score (nSPS) is 11.4. The molecule has 0 bridgehead atoms. The number of carbonyl (C=O) groups is 1. The largest absolute Gasteiger partial charge is 0.352 e. The van der Waals surface area contributed by atoms with Crippen molar-refractivity contribution in [1.29, 1.82) is 0 Å². The topological polar surface area (TPSA) is 112 Å². The van der Waals surface area contributed by atoms with Crippen LogP contribution in [-0.2, 0) is 4.79 Å². The van der Waals surface area contributed by atoms with Gasteiger partial charge in [0, 0.05) is 62.2 Å². The Labute approximate surface area is 217 Å². The number of amides is 1. The van der Waals surface area contributed by atoms with Gasteiger partial charge in [0.25, 0.3) is 0 Å². The van der Waals surface area contributed by atoms with Crippen LogP contribution in [-0.4, -0.2) is 36.0 Å². The Balaban J connectivity index is 1.37. The minimum atomic E-state index is -0.00289. The number of H-pyrrole nitrogens is 2. The summed E-state index contributed by atoms with van der Waals surface area (Å²) in [5, 5.41) is 12.5. The molecule has 0 saturated carbocycles. The van der Waals surface area contributed by atoms with Gasteiger partial charge >= 0.3 is 0 Å². The molecule has 0 aliphatic heterocycles. The first-order valence-corrected chi connectivity index (χ1v) is 13.0. The van der Waals surface area contributed by atoms with Gasteiger partial charge in [-0.05, 0) is 43.7 Å². The highest BCUT2D eigenvalue weighted by molar-refractivity contribution is 7.15. The van der Waals surface area contributed by atoms with Crippen LogP contribution in [0.5, 0.6) is 0 Å². The molecule has 0 aromatic carbocycles. The van der Waals surface area contributed by atoms with E-state index in [0.29, 0.717) is 17.8 Å². The summed E-state index contributed by atoms with van der Waals surface area (Å²) in [5.41, 5.74) is 6.88. The number of unbranched alkanes of at least 4 members (excludes halogenated alkanes) is 1. The highest BCUT2D eigenvalue weighted by atomic mass is 32.1. The second-order valence-corrected chi connectivity index (χ2v) is 10.3. The Kier molecular flexibility index (Phi) is 5.97. The number of carbonyl (C=O) groups excluding carboxylic acids is 1. The number of thiophene rings is 1. The minimum Gasteiger partial charge on any atom is -0.352 e. The van der Waals surface area contributed by atoms with Gasteiger partial charge in [0.15, 0.2) is 5.65 Å². The maximum atomic E-state index is 12.2. The van der Waals surface area contributed by atoms with Crippen molar-refractivity contribution in [1.82, 2.24) is 30.1 Å². The Morgan fingerprint density at radius 2 is 1.86 bits per heavy atom. The molecule has 0 unspecified atom stereocenters. The predicted octanol–water partition coefficient (Wildman–Crippen LogP) is 6.73. The van der Waals surface area contributed by atoms with Gasteiger partial charge in [0.1, 0.15) is 0 Å². The second kappa shape index (κ2) is 9.59. The van der Waals surface area contributed by atoms with Crippen LogP contribution in [0.15, 0.2) is 61.3 Å². The number of pyridine rings is 3. The smallest absolute Gasteiger partial charge is 0.224 e. The molecule has 1 amide bonds. The van der Waals surface area contributed by atoms with Crippen LogP contribution in [0.25, 0.3) is 54.9 Å². The monoisotopic (exact) mass is 507 g/mol. The molecule has 6 rings (SSSR count). The van der Waals surface area contributed by atoms with Crippen LogP contribution < -0.4 is 5.32 Å².